The summed E-state index contributed by atoms with van der Waals surface area (Å²) in [7, 11) is 0. The molecule has 0 heterocycles. The van der Waals surface area contributed by atoms with Crippen LogP contribution >= 0.6 is 15.9 Å². The number of rotatable bonds is 5. The molecule has 0 spiro atoms. The van der Waals surface area contributed by atoms with Crippen molar-refractivity contribution in [2.45, 2.75) is 19.4 Å². The molecule has 0 radical (unpaired) electrons. The number of halogens is 1. The number of carbonyl (C=O) groups excluding carboxylic acids is 1. The summed E-state index contributed by atoms with van der Waals surface area (Å²) >= 11 is 3.41. The fraction of sp³-hybridized carbons (Fsp3) is 0.235. The first-order valence-electron chi connectivity index (χ1n) is 6.99. The zero-order chi connectivity index (χ0) is 15.1. The van der Waals surface area contributed by atoms with E-state index in [4.69, 9.17) is 0 Å². The Morgan fingerprint density at radius 2 is 1.76 bits per heavy atom. The van der Waals surface area contributed by atoms with Gasteiger partial charge in [0, 0.05) is 11.0 Å². The van der Waals surface area contributed by atoms with Crippen molar-refractivity contribution in [1.29, 1.82) is 0 Å². The molecule has 0 fully saturated rings. The van der Waals surface area contributed by atoms with E-state index < -0.39 is 0 Å². The summed E-state index contributed by atoms with van der Waals surface area (Å²) < 4.78 is 1.06. The van der Waals surface area contributed by atoms with Gasteiger partial charge in [-0.25, -0.2) is 4.79 Å². The number of amides is 2. The van der Waals surface area contributed by atoms with Gasteiger partial charge in [-0.2, -0.15) is 0 Å². The Labute approximate surface area is 133 Å². The number of hydrogen-bond acceptors (Lipinski definition) is 1. The number of carbonyl (C=O) groups is 1. The van der Waals surface area contributed by atoms with Crippen LogP contribution in [0.15, 0.2) is 59.1 Å². The van der Waals surface area contributed by atoms with Crippen LogP contribution < -0.4 is 10.6 Å². The van der Waals surface area contributed by atoms with Gasteiger partial charge in [-0.1, -0.05) is 58.4 Å². The van der Waals surface area contributed by atoms with Crippen molar-refractivity contribution in [3.8, 4) is 0 Å². The second-order valence-corrected chi connectivity index (χ2v) is 5.82. The number of benzene rings is 2. The van der Waals surface area contributed by atoms with Gasteiger partial charge in [0.1, 0.15) is 0 Å². The molecule has 0 aliphatic heterocycles. The van der Waals surface area contributed by atoms with Crippen LogP contribution in [0.2, 0.25) is 0 Å². The molecule has 0 saturated heterocycles. The molecule has 110 valence electrons. The zero-order valence-corrected chi connectivity index (χ0v) is 13.6. The van der Waals surface area contributed by atoms with Gasteiger partial charge in [0.05, 0.1) is 6.04 Å². The van der Waals surface area contributed by atoms with Gasteiger partial charge in [-0.05, 0) is 36.6 Å². The van der Waals surface area contributed by atoms with Crippen LogP contribution in [0.1, 0.15) is 24.1 Å². The normalized spacial score (nSPS) is 11.7. The summed E-state index contributed by atoms with van der Waals surface area (Å²) in [6.45, 7) is 2.60. The summed E-state index contributed by atoms with van der Waals surface area (Å²) in [6, 6.07) is 17.9. The lowest BCUT2D eigenvalue weighted by Gasteiger charge is -2.15. The van der Waals surface area contributed by atoms with Crippen molar-refractivity contribution in [3.05, 3.63) is 70.2 Å². The third-order valence-corrected chi connectivity index (χ3v) is 3.79. The first kappa shape index (κ1) is 15.6. The average Bonchev–Trinajstić information content (AvgIpc) is 2.50. The topological polar surface area (TPSA) is 41.1 Å². The summed E-state index contributed by atoms with van der Waals surface area (Å²) in [5.41, 5.74) is 2.30. The highest BCUT2D eigenvalue weighted by molar-refractivity contribution is 9.10. The fourth-order valence-corrected chi connectivity index (χ4v) is 2.31. The summed E-state index contributed by atoms with van der Waals surface area (Å²) in [5, 5.41) is 5.82. The summed E-state index contributed by atoms with van der Waals surface area (Å²) in [5.74, 6) is 0. The van der Waals surface area contributed by atoms with Crippen molar-refractivity contribution >= 4 is 22.0 Å². The molecule has 2 aromatic rings. The van der Waals surface area contributed by atoms with E-state index in [2.05, 4.69) is 38.7 Å². The third kappa shape index (κ3) is 5.23. The molecule has 0 saturated carbocycles. The Hall–Kier alpha value is -1.81. The SMILES string of the molecule is CC(NC(=O)NCCc1ccc(Br)cc1)c1ccccc1. The minimum Gasteiger partial charge on any atom is -0.338 e. The van der Waals surface area contributed by atoms with Crippen molar-refractivity contribution in [1.82, 2.24) is 10.6 Å². The predicted octanol–water partition coefficient (Wildman–Crippen LogP) is 4.05. The molecule has 21 heavy (non-hydrogen) atoms. The molecule has 2 N–H and O–H groups in total. The van der Waals surface area contributed by atoms with Crippen LogP contribution in [-0.2, 0) is 6.42 Å². The Kier molecular flexibility index (Phi) is 5.81. The molecular formula is C17H19BrN2O. The van der Waals surface area contributed by atoms with Crippen LogP contribution in [0.25, 0.3) is 0 Å². The summed E-state index contributed by atoms with van der Waals surface area (Å²) in [4.78, 5) is 11.8. The minimum atomic E-state index is -0.136. The maximum atomic E-state index is 11.8. The van der Waals surface area contributed by atoms with E-state index in [-0.39, 0.29) is 12.1 Å². The molecule has 2 aromatic carbocycles. The molecule has 0 bridgehead atoms. The molecule has 2 rings (SSSR count). The molecule has 4 heteroatoms. The molecule has 1 unspecified atom stereocenters. The van der Waals surface area contributed by atoms with E-state index in [1.807, 2.05) is 49.4 Å². The van der Waals surface area contributed by atoms with Crippen molar-refractivity contribution < 1.29 is 4.79 Å². The van der Waals surface area contributed by atoms with Crippen LogP contribution in [-0.4, -0.2) is 12.6 Å². The lowest BCUT2D eigenvalue weighted by Crippen LogP contribution is -2.38. The maximum absolute atomic E-state index is 11.8. The largest absolute Gasteiger partial charge is 0.338 e. The van der Waals surface area contributed by atoms with E-state index in [0.29, 0.717) is 6.54 Å². The fourth-order valence-electron chi connectivity index (χ4n) is 2.04. The monoisotopic (exact) mass is 346 g/mol. The lowest BCUT2D eigenvalue weighted by molar-refractivity contribution is 0.238. The quantitative estimate of drug-likeness (QED) is 0.842. The van der Waals surface area contributed by atoms with Gasteiger partial charge < -0.3 is 10.6 Å². The highest BCUT2D eigenvalue weighted by atomic mass is 79.9. The second-order valence-electron chi connectivity index (χ2n) is 4.91. The average molecular weight is 347 g/mol. The molecule has 1 atom stereocenters. The molecule has 2 amide bonds. The Morgan fingerprint density at radius 1 is 1.10 bits per heavy atom. The Morgan fingerprint density at radius 3 is 2.43 bits per heavy atom. The van der Waals surface area contributed by atoms with Gasteiger partial charge in [-0.15, -0.1) is 0 Å². The maximum Gasteiger partial charge on any atom is 0.315 e. The molecule has 3 nitrogen and oxygen atoms in total. The van der Waals surface area contributed by atoms with Crippen LogP contribution in [0, 0.1) is 0 Å². The van der Waals surface area contributed by atoms with Crippen LogP contribution in [0.3, 0.4) is 0 Å². The highest BCUT2D eigenvalue weighted by Crippen LogP contribution is 2.11. The summed E-state index contributed by atoms with van der Waals surface area (Å²) in [6.07, 6.45) is 0.820. The van der Waals surface area contributed by atoms with Gasteiger partial charge in [0.2, 0.25) is 0 Å². The first-order chi connectivity index (χ1) is 10.1. The smallest absolute Gasteiger partial charge is 0.315 e. The third-order valence-electron chi connectivity index (χ3n) is 3.26. The van der Waals surface area contributed by atoms with E-state index in [0.717, 1.165) is 16.5 Å². The first-order valence-corrected chi connectivity index (χ1v) is 7.78. The molecule has 0 aliphatic carbocycles. The van der Waals surface area contributed by atoms with E-state index in [1.165, 1.54) is 5.56 Å². The molecular weight excluding hydrogens is 328 g/mol. The Balaban J connectivity index is 1.73. The number of hydrogen-bond donors (Lipinski definition) is 2. The predicted molar refractivity (Wildman–Crippen MR) is 89.2 cm³/mol. The Bertz CT molecular complexity index is 569. The highest BCUT2D eigenvalue weighted by Gasteiger charge is 2.08. The number of nitrogens with one attached hydrogen (secondary N) is 2. The molecule has 0 aliphatic rings. The number of urea groups is 1. The van der Waals surface area contributed by atoms with E-state index in [9.17, 15) is 4.79 Å². The van der Waals surface area contributed by atoms with E-state index >= 15 is 0 Å². The van der Waals surface area contributed by atoms with Gasteiger partial charge >= 0.3 is 6.03 Å². The standard InChI is InChI=1S/C17H19BrN2O/c1-13(15-5-3-2-4-6-15)20-17(21)19-12-11-14-7-9-16(18)10-8-14/h2-10,13H,11-12H2,1H3,(H2,19,20,21). The second kappa shape index (κ2) is 7.84. The molecule has 0 aromatic heterocycles. The van der Waals surface area contributed by atoms with E-state index in [1.54, 1.807) is 0 Å². The van der Waals surface area contributed by atoms with Crippen LogP contribution in [0.4, 0.5) is 4.79 Å². The van der Waals surface area contributed by atoms with Gasteiger partial charge in [0.15, 0.2) is 0 Å². The van der Waals surface area contributed by atoms with Crippen molar-refractivity contribution in [2.24, 2.45) is 0 Å². The minimum absolute atomic E-state index is 0.00104. The van der Waals surface area contributed by atoms with Gasteiger partial charge in [0.25, 0.3) is 0 Å². The lowest BCUT2D eigenvalue weighted by atomic mass is 10.1. The van der Waals surface area contributed by atoms with Crippen LogP contribution in [0.5, 0.6) is 0 Å². The van der Waals surface area contributed by atoms with Crippen molar-refractivity contribution in [3.63, 3.8) is 0 Å². The van der Waals surface area contributed by atoms with Crippen molar-refractivity contribution in [2.75, 3.05) is 6.54 Å². The van der Waals surface area contributed by atoms with Gasteiger partial charge in [-0.3, -0.25) is 0 Å². The zero-order valence-electron chi connectivity index (χ0n) is 12.0.